The van der Waals surface area contributed by atoms with Crippen LogP contribution in [0.25, 0.3) is 0 Å². The lowest BCUT2D eigenvalue weighted by Crippen LogP contribution is -2.21. The summed E-state index contributed by atoms with van der Waals surface area (Å²) in [4.78, 5) is 9.23. The largest absolute Gasteiger partial charge is 0.490 e. The first kappa shape index (κ1) is 22.2. The smallest absolute Gasteiger partial charge is 0.421 e. The molecule has 1 atom stereocenters. The highest BCUT2D eigenvalue weighted by Gasteiger charge is 2.37. The minimum Gasteiger partial charge on any atom is -0.490 e. The van der Waals surface area contributed by atoms with Gasteiger partial charge in [0.1, 0.15) is 11.3 Å². The molecule has 0 bridgehead atoms. The molecule has 1 heterocycles. The average Bonchev–Trinajstić information content (AvgIpc) is 2.73. The molecule has 1 aromatic heterocycles. The molecule has 0 amide bonds. The van der Waals surface area contributed by atoms with Crippen molar-refractivity contribution in [2.24, 2.45) is 0 Å². The standard InChI is InChI=1S/C22H28F3N3O2/c1-4-15(2)29-21-26-14-19(22(23,24)25)20(27-21)28(3)16-9-8-12-18(13-16)30-17-10-6-5-7-11-17/h8-9,12-15,17H,4-7,10-11H2,1-3H3. The van der Waals surface area contributed by atoms with Crippen LogP contribution in [0.4, 0.5) is 24.7 Å². The van der Waals surface area contributed by atoms with Crippen LogP contribution >= 0.6 is 0 Å². The number of rotatable bonds is 7. The summed E-state index contributed by atoms with van der Waals surface area (Å²) in [7, 11) is 1.55. The predicted molar refractivity (Wildman–Crippen MR) is 109 cm³/mol. The van der Waals surface area contributed by atoms with Crippen molar-refractivity contribution in [2.75, 3.05) is 11.9 Å². The molecule has 3 rings (SSSR count). The zero-order valence-corrected chi connectivity index (χ0v) is 17.6. The Bertz CT molecular complexity index is 839. The highest BCUT2D eigenvalue weighted by molar-refractivity contribution is 5.64. The summed E-state index contributed by atoms with van der Waals surface area (Å²) in [6.45, 7) is 3.73. The normalized spacial score (nSPS) is 16.2. The first-order valence-electron chi connectivity index (χ1n) is 10.4. The molecule has 0 radical (unpaired) electrons. The summed E-state index contributed by atoms with van der Waals surface area (Å²) >= 11 is 0. The van der Waals surface area contributed by atoms with Crippen LogP contribution in [-0.2, 0) is 6.18 Å². The topological polar surface area (TPSA) is 47.5 Å². The third-order valence-electron chi connectivity index (χ3n) is 5.31. The van der Waals surface area contributed by atoms with Crippen molar-refractivity contribution in [1.29, 1.82) is 0 Å². The van der Waals surface area contributed by atoms with Gasteiger partial charge in [-0.05, 0) is 51.2 Å². The van der Waals surface area contributed by atoms with Gasteiger partial charge < -0.3 is 14.4 Å². The monoisotopic (exact) mass is 423 g/mol. The van der Waals surface area contributed by atoms with E-state index in [9.17, 15) is 13.2 Å². The van der Waals surface area contributed by atoms with Crippen molar-refractivity contribution < 1.29 is 22.6 Å². The number of aromatic nitrogens is 2. The predicted octanol–water partition coefficient (Wildman–Crippen LogP) is 6.15. The van der Waals surface area contributed by atoms with E-state index in [1.54, 1.807) is 25.2 Å². The van der Waals surface area contributed by atoms with Crippen molar-refractivity contribution in [3.05, 3.63) is 36.0 Å². The van der Waals surface area contributed by atoms with Crippen LogP contribution in [-0.4, -0.2) is 29.2 Å². The average molecular weight is 423 g/mol. The van der Waals surface area contributed by atoms with Crippen molar-refractivity contribution in [3.8, 4) is 11.8 Å². The van der Waals surface area contributed by atoms with E-state index in [2.05, 4.69) is 9.97 Å². The van der Waals surface area contributed by atoms with E-state index in [1.165, 1.54) is 11.3 Å². The van der Waals surface area contributed by atoms with Gasteiger partial charge in [0.2, 0.25) is 0 Å². The van der Waals surface area contributed by atoms with Crippen molar-refractivity contribution >= 4 is 11.5 Å². The minimum absolute atomic E-state index is 0.0752. The molecule has 1 fully saturated rings. The molecular formula is C22H28F3N3O2. The van der Waals surface area contributed by atoms with E-state index in [0.717, 1.165) is 31.9 Å². The van der Waals surface area contributed by atoms with E-state index in [-0.39, 0.29) is 24.0 Å². The number of benzene rings is 1. The highest BCUT2D eigenvalue weighted by atomic mass is 19.4. The maximum atomic E-state index is 13.6. The molecule has 0 spiro atoms. The van der Waals surface area contributed by atoms with Crippen molar-refractivity contribution in [2.45, 2.75) is 70.8 Å². The van der Waals surface area contributed by atoms with E-state index in [4.69, 9.17) is 9.47 Å². The van der Waals surface area contributed by atoms with Gasteiger partial charge in [0.05, 0.1) is 12.2 Å². The maximum absolute atomic E-state index is 13.6. The first-order chi connectivity index (χ1) is 14.3. The SMILES string of the molecule is CCC(C)Oc1ncc(C(F)(F)F)c(N(C)c2cccc(OC3CCCCC3)c2)n1. The maximum Gasteiger partial charge on any atom is 0.421 e. The van der Waals surface area contributed by atoms with Gasteiger partial charge >= 0.3 is 12.2 Å². The van der Waals surface area contributed by atoms with E-state index in [0.29, 0.717) is 17.9 Å². The van der Waals surface area contributed by atoms with Gasteiger partial charge in [-0.3, -0.25) is 0 Å². The molecule has 1 unspecified atom stereocenters. The number of ether oxygens (including phenoxy) is 2. The minimum atomic E-state index is -4.59. The Morgan fingerprint density at radius 3 is 2.60 bits per heavy atom. The van der Waals surface area contributed by atoms with Crippen LogP contribution in [0.15, 0.2) is 30.5 Å². The van der Waals surface area contributed by atoms with Gasteiger partial charge in [-0.1, -0.05) is 19.4 Å². The first-order valence-corrected chi connectivity index (χ1v) is 10.4. The van der Waals surface area contributed by atoms with Gasteiger partial charge in [-0.15, -0.1) is 0 Å². The van der Waals surface area contributed by atoms with E-state index < -0.39 is 11.7 Å². The molecule has 1 aliphatic carbocycles. The van der Waals surface area contributed by atoms with Gasteiger partial charge in [-0.2, -0.15) is 18.2 Å². The fourth-order valence-corrected chi connectivity index (χ4v) is 3.40. The van der Waals surface area contributed by atoms with Crippen LogP contribution in [0.5, 0.6) is 11.8 Å². The molecule has 5 nitrogen and oxygen atoms in total. The number of halogens is 3. The molecular weight excluding hydrogens is 395 g/mol. The van der Waals surface area contributed by atoms with E-state index in [1.807, 2.05) is 19.9 Å². The zero-order chi connectivity index (χ0) is 21.7. The highest BCUT2D eigenvalue weighted by Crippen LogP contribution is 2.38. The van der Waals surface area contributed by atoms with Crippen LogP contribution in [0.1, 0.15) is 57.9 Å². The Balaban J connectivity index is 1.89. The summed E-state index contributed by atoms with van der Waals surface area (Å²) in [5.74, 6) is 0.385. The molecule has 0 N–H and O–H groups in total. The van der Waals surface area contributed by atoms with Gasteiger partial charge in [0.15, 0.2) is 5.82 Å². The third kappa shape index (κ3) is 5.55. The van der Waals surface area contributed by atoms with Gasteiger partial charge in [0, 0.05) is 25.0 Å². The molecule has 30 heavy (non-hydrogen) atoms. The Hall–Kier alpha value is -2.51. The van der Waals surface area contributed by atoms with Gasteiger partial charge in [0.25, 0.3) is 0 Å². The molecule has 1 saturated carbocycles. The number of hydrogen-bond acceptors (Lipinski definition) is 5. The number of alkyl halides is 3. The van der Waals surface area contributed by atoms with Gasteiger partial charge in [-0.25, -0.2) is 4.98 Å². The molecule has 8 heteroatoms. The van der Waals surface area contributed by atoms with E-state index >= 15 is 0 Å². The fourth-order valence-electron chi connectivity index (χ4n) is 3.40. The molecule has 1 aromatic carbocycles. The summed E-state index contributed by atoms with van der Waals surface area (Å²) in [5, 5.41) is 0. The summed E-state index contributed by atoms with van der Waals surface area (Å²) < 4.78 is 52.4. The second-order valence-electron chi connectivity index (χ2n) is 7.66. The molecule has 164 valence electrons. The number of anilines is 2. The summed E-state index contributed by atoms with van der Waals surface area (Å²) in [6, 6.07) is 6.99. The summed E-state index contributed by atoms with van der Waals surface area (Å²) in [6.07, 6.45) is 2.33. The lowest BCUT2D eigenvalue weighted by molar-refractivity contribution is -0.137. The number of nitrogens with zero attached hydrogens (tertiary/aromatic N) is 3. The van der Waals surface area contributed by atoms with Crippen LogP contribution in [0.3, 0.4) is 0 Å². The van der Waals surface area contributed by atoms with Crippen LogP contribution in [0.2, 0.25) is 0 Å². The van der Waals surface area contributed by atoms with Crippen molar-refractivity contribution in [1.82, 2.24) is 9.97 Å². The fraction of sp³-hybridized carbons (Fsp3) is 0.545. The Morgan fingerprint density at radius 1 is 1.20 bits per heavy atom. The Labute approximate surface area is 175 Å². The zero-order valence-electron chi connectivity index (χ0n) is 17.6. The quantitative estimate of drug-likeness (QED) is 0.534. The molecule has 1 aliphatic rings. The Morgan fingerprint density at radius 2 is 1.93 bits per heavy atom. The van der Waals surface area contributed by atoms with Crippen molar-refractivity contribution in [3.63, 3.8) is 0 Å². The third-order valence-corrected chi connectivity index (χ3v) is 5.31. The molecule has 0 aliphatic heterocycles. The lowest BCUT2D eigenvalue weighted by Gasteiger charge is -2.25. The van der Waals surface area contributed by atoms with Crippen LogP contribution < -0.4 is 14.4 Å². The lowest BCUT2D eigenvalue weighted by atomic mass is 9.98. The molecule has 0 saturated heterocycles. The number of hydrogen-bond donors (Lipinski definition) is 0. The Kier molecular flexibility index (Phi) is 7.05. The summed E-state index contributed by atoms with van der Waals surface area (Å²) in [5.41, 5.74) is -0.373. The second-order valence-corrected chi connectivity index (χ2v) is 7.66. The van der Waals surface area contributed by atoms with Crippen LogP contribution in [0, 0.1) is 0 Å². The molecule has 2 aromatic rings. The second kappa shape index (κ2) is 9.53.